The SMILES string of the molecule is Nc1ccc2c(Nc3ccc(Cl)cc3Br)ccnc2c1. The van der Waals surface area contributed by atoms with Gasteiger partial charge in [0.05, 0.1) is 11.2 Å². The van der Waals surface area contributed by atoms with Gasteiger partial charge in [-0.15, -0.1) is 0 Å². The number of nitrogens with zero attached hydrogens (tertiary/aromatic N) is 1. The zero-order valence-electron chi connectivity index (χ0n) is 10.4. The second-order valence-electron chi connectivity index (χ2n) is 4.38. The van der Waals surface area contributed by atoms with Gasteiger partial charge in [0, 0.05) is 32.5 Å². The summed E-state index contributed by atoms with van der Waals surface area (Å²) in [5.41, 5.74) is 9.26. The lowest BCUT2D eigenvalue weighted by Crippen LogP contribution is -1.94. The van der Waals surface area contributed by atoms with Crippen LogP contribution in [0.2, 0.25) is 5.02 Å². The highest BCUT2D eigenvalue weighted by Crippen LogP contribution is 2.31. The van der Waals surface area contributed by atoms with Crippen LogP contribution in [0.1, 0.15) is 0 Å². The van der Waals surface area contributed by atoms with Crippen molar-refractivity contribution in [2.75, 3.05) is 11.1 Å². The first-order chi connectivity index (χ1) is 9.63. The van der Waals surface area contributed by atoms with Gasteiger partial charge in [-0.2, -0.15) is 0 Å². The first kappa shape index (κ1) is 13.2. The van der Waals surface area contributed by atoms with Gasteiger partial charge in [0.2, 0.25) is 0 Å². The van der Waals surface area contributed by atoms with Crippen LogP contribution in [0.4, 0.5) is 17.1 Å². The summed E-state index contributed by atoms with van der Waals surface area (Å²) >= 11 is 9.45. The van der Waals surface area contributed by atoms with Crippen molar-refractivity contribution in [3.8, 4) is 0 Å². The van der Waals surface area contributed by atoms with E-state index in [1.165, 1.54) is 0 Å². The summed E-state index contributed by atoms with van der Waals surface area (Å²) < 4.78 is 0.908. The van der Waals surface area contributed by atoms with Gasteiger partial charge in [-0.3, -0.25) is 4.98 Å². The molecule has 1 aromatic heterocycles. The van der Waals surface area contributed by atoms with E-state index in [1.807, 2.05) is 42.5 Å². The van der Waals surface area contributed by atoms with E-state index < -0.39 is 0 Å². The number of hydrogen-bond acceptors (Lipinski definition) is 3. The Hall–Kier alpha value is -1.78. The highest BCUT2D eigenvalue weighted by molar-refractivity contribution is 9.10. The molecule has 0 fully saturated rings. The minimum atomic E-state index is 0.690. The van der Waals surface area contributed by atoms with Crippen LogP contribution >= 0.6 is 27.5 Å². The Morgan fingerprint density at radius 2 is 1.90 bits per heavy atom. The maximum Gasteiger partial charge on any atom is 0.0743 e. The molecule has 2 aromatic carbocycles. The third-order valence-electron chi connectivity index (χ3n) is 2.97. The quantitative estimate of drug-likeness (QED) is 0.642. The normalized spacial score (nSPS) is 10.7. The number of aromatic nitrogens is 1. The fraction of sp³-hybridized carbons (Fsp3) is 0. The Bertz CT molecular complexity index is 789. The molecule has 5 heteroatoms. The van der Waals surface area contributed by atoms with Crippen LogP contribution in [0.15, 0.2) is 53.1 Å². The number of benzene rings is 2. The Morgan fingerprint density at radius 1 is 1.05 bits per heavy atom. The molecule has 0 aliphatic heterocycles. The van der Waals surface area contributed by atoms with Crippen molar-refractivity contribution in [2.45, 2.75) is 0 Å². The number of nitrogens with two attached hydrogens (primary N) is 1. The molecule has 0 atom stereocenters. The molecule has 0 radical (unpaired) electrons. The monoisotopic (exact) mass is 347 g/mol. The molecule has 3 rings (SSSR count). The zero-order valence-corrected chi connectivity index (χ0v) is 12.7. The van der Waals surface area contributed by atoms with Gasteiger partial charge in [-0.1, -0.05) is 11.6 Å². The molecule has 0 aliphatic carbocycles. The predicted octanol–water partition coefficient (Wildman–Crippen LogP) is 4.98. The summed E-state index contributed by atoms with van der Waals surface area (Å²) in [6.07, 6.45) is 1.76. The Kier molecular flexibility index (Phi) is 3.51. The topological polar surface area (TPSA) is 50.9 Å². The van der Waals surface area contributed by atoms with E-state index in [9.17, 15) is 0 Å². The largest absolute Gasteiger partial charge is 0.399 e. The van der Waals surface area contributed by atoms with E-state index in [0.29, 0.717) is 10.7 Å². The second-order valence-corrected chi connectivity index (χ2v) is 5.68. The summed E-state index contributed by atoms with van der Waals surface area (Å²) in [4.78, 5) is 4.33. The van der Waals surface area contributed by atoms with Gasteiger partial charge in [-0.25, -0.2) is 0 Å². The summed E-state index contributed by atoms with van der Waals surface area (Å²) in [6.45, 7) is 0. The molecule has 0 amide bonds. The van der Waals surface area contributed by atoms with Crippen molar-refractivity contribution in [3.63, 3.8) is 0 Å². The number of hydrogen-bond donors (Lipinski definition) is 2. The molecule has 20 heavy (non-hydrogen) atoms. The second kappa shape index (κ2) is 5.31. The van der Waals surface area contributed by atoms with Crippen LogP contribution in [-0.4, -0.2) is 4.98 Å². The molecule has 0 unspecified atom stereocenters. The third-order valence-corrected chi connectivity index (χ3v) is 3.86. The van der Waals surface area contributed by atoms with E-state index in [4.69, 9.17) is 17.3 Å². The minimum absolute atomic E-state index is 0.690. The number of nitrogen functional groups attached to an aromatic ring is 1. The standard InChI is InChI=1S/C15H11BrClN3/c16-12-7-9(17)1-4-14(12)20-13-5-6-19-15-8-10(18)2-3-11(13)15/h1-8H,18H2,(H,19,20). The maximum absolute atomic E-state index is 5.95. The summed E-state index contributed by atoms with van der Waals surface area (Å²) in [5, 5.41) is 5.08. The Balaban J connectivity index is 2.06. The maximum atomic E-state index is 5.95. The molecule has 3 aromatic rings. The number of halogens is 2. The highest BCUT2D eigenvalue weighted by Gasteiger charge is 2.05. The molecule has 0 saturated heterocycles. The molecule has 0 aliphatic rings. The average Bonchev–Trinajstić information content (AvgIpc) is 2.41. The summed E-state index contributed by atoms with van der Waals surface area (Å²) in [6, 6.07) is 13.2. The predicted molar refractivity (Wildman–Crippen MR) is 88.6 cm³/mol. The van der Waals surface area contributed by atoms with Crippen LogP contribution in [-0.2, 0) is 0 Å². The lowest BCUT2D eigenvalue weighted by Gasteiger charge is -2.11. The molecule has 0 saturated carbocycles. The number of rotatable bonds is 2. The zero-order chi connectivity index (χ0) is 14.1. The van der Waals surface area contributed by atoms with Gasteiger partial charge < -0.3 is 11.1 Å². The van der Waals surface area contributed by atoms with Gasteiger partial charge in [0.15, 0.2) is 0 Å². The average molecular weight is 349 g/mol. The van der Waals surface area contributed by atoms with Crippen LogP contribution in [0, 0.1) is 0 Å². The molecule has 0 bridgehead atoms. The molecule has 3 N–H and O–H groups in total. The molecule has 0 spiro atoms. The number of fused-ring (bicyclic) bond motifs is 1. The van der Waals surface area contributed by atoms with Crippen LogP contribution < -0.4 is 11.1 Å². The third kappa shape index (κ3) is 2.57. The minimum Gasteiger partial charge on any atom is -0.399 e. The van der Waals surface area contributed by atoms with Crippen molar-refractivity contribution >= 4 is 55.5 Å². The van der Waals surface area contributed by atoms with Crippen molar-refractivity contribution < 1.29 is 0 Å². The van der Waals surface area contributed by atoms with E-state index in [2.05, 4.69) is 26.2 Å². The van der Waals surface area contributed by atoms with Crippen LogP contribution in [0.5, 0.6) is 0 Å². The summed E-state index contributed by atoms with van der Waals surface area (Å²) in [7, 11) is 0. The van der Waals surface area contributed by atoms with E-state index in [0.717, 1.165) is 26.8 Å². The van der Waals surface area contributed by atoms with Gasteiger partial charge in [0.1, 0.15) is 0 Å². The van der Waals surface area contributed by atoms with E-state index in [-0.39, 0.29) is 0 Å². The first-order valence-electron chi connectivity index (χ1n) is 6.00. The Morgan fingerprint density at radius 3 is 2.70 bits per heavy atom. The van der Waals surface area contributed by atoms with Crippen molar-refractivity contribution in [1.29, 1.82) is 0 Å². The lowest BCUT2D eigenvalue weighted by atomic mass is 10.1. The number of nitrogens with one attached hydrogen (secondary N) is 1. The number of pyridine rings is 1. The lowest BCUT2D eigenvalue weighted by molar-refractivity contribution is 1.40. The Labute approximate surface area is 129 Å². The van der Waals surface area contributed by atoms with E-state index >= 15 is 0 Å². The highest BCUT2D eigenvalue weighted by atomic mass is 79.9. The first-order valence-corrected chi connectivity index (χ1v) is 7.17. The van der Waals surface area contributed by atoms with Crippen molar-refractivity contribution in [2.24, 2.45) is 0 Å². The van der Waals surface area contributed by atoms with E-state index in [1.54, 1.807) is 6.20 Å². The number of anilines is 3. The molecular formula is C15H11BrClN3. The molecular weight excluding hydrogens is 338 g/mol. The van der Waals surface area contributed by atoms with Gasteiger partial charge >= 0.3 is 0 Å². The molecule has 3 nitrogen and oxygen atoms in total. The van der Waals surface area contributed by atoms with Crippen molar-refractivity contribution in [3.05, 3.63) is 58.2 Å². The fourth-order valence-corrected chi connectivity index (χ4v) is 2.79. The molecule has 1 heterocycles. The van der Waals surface area contributed by atoms with Crippen molar-refractivity contribution in [1.82, 2.24) is 4.98 Å². The van der Waals surface area contributed by atoms with Gasteiger partial charge in [-0.05, 0) is 58.4 Å². The van der Waals surface area contributed by atoms with Crippen LogP contribution in [0.3, 0.4) is 0 Å². The smallest absolute Gasteiger partial charge is 0.0743 e. The van der Waals surface area contributed by atoms with Crippen LogP contribution in [0.25, 0.3) is 10.9 Å². The summed E-state index contributed by atoms with van der Waals surface area (Å²) in [5.74, 6) is 0. The van der Waals surface area contributed by atoms with Gasteiger partial charge in [0.25, 0.3) is 0 Å². The molecule has 100 valence electrons. The fourth-order valence-electron chi connectivity index (χ4n) is 2.01.